The Morgan fingerprint density at radius 2 is 2.04 bits per heavy atom. The molecule has 4 N–H and O–H groups in total. The number of hydrogen-bond acceptors (Lipinski definition) is 5. The molecular formula is C17H28N4O3. The number of unbranched alkanes of at least 4 members (excludes halogenated alkanes) is 3. The first-order chi connectivity index (χ1) is 11.5. The number of nitrogens with zero attached hydrogens (tertiary/aromatic N) is 2. The third-order valence-corrected chi connectivity index (χ3v) is 4.62. The predicted molar refractivity (Wildman–Crippen MR) is 95.0 cm³/mol. The van der Waals surface area contributed by atoms with Gasteiger partial charge >= 0.3 is 5.69 Å². The van der Waals surface area contributed by atoms with Gasteiger partial charge in [-0.3, -0.25) is 19.3 Å². The van der Waals surface area contributed by atoms with Crippen LogP contribution in [0, 0.1) is 0 Å². The van der Waals surface area contributed by atoms with Gasteiger partial charge in [0, 0.05) is 18.8 Å². The first kappa shape index (κ1) is 18.4. The van der Waals surface area contributed by atoms with Crippen LogP contribution in [0.25, 0.3) is 0 Å². The van der Waals surface area contributed by atoms with Gasteiger partial charge in [0.25, 0.3) is 5.56 Å². The summed E-state index contributed by atoms with van der Waals surface area (Å²) in [6.07, 6.45) is 9.25. The number of aromatic hydroxyl groups is 1. The molecule has 0 radical (unpaired) electrons. The Labute approximate surface area is 141 Å². The highest BCUT2D eigenvalue weighted by atomic mass is 16.3. The summed E-state index contributed by atoms with van der Waals surface area (Å²) in [4.78, 5) is 30.6. The van der Waals surface area contributed by atoms with Crippen molar-refractivity contribution in [3.63, 3.8) is 0 Å². The molecular weight excluding hydrogens is 308 g/mol. The molecule has 0 bridgehead atoms. The molecule has 0 saturated heterocycles. The van der Waals surface area contributed by atoms with Gasteiger partial charge in [-0.15, -0.1) is 0 Å². The second-order valence-corrected chi connectivity index (χ2v) is 6.50. The van der Waals surface area contributed by atoms with E-state index >= 15 is 0 Å². The van der Waals surface area contributed by atoms with Crippen molar-refractivity contribution in [3.05, 3.63) is 26.4 Å². The largest absolute Gasteiger partial charge is 0.494 e. The molecule has 7 nitrogen and oxygen atoms in total. The second-order valence-electron chi connectivity index (χ2n) is 6.50. The number of nitrogens with two attached hydrogens (primary N) is 1. The van der Waals surface area contributed by atoms with Crippen LogP contribution in [0.4, 0.5) is 0 Å². The Kier molecular flexibility index (Phi) is 6.78. The summed E-state index contributed by atoms with van der Waals surface area (Å²) >= 11 is 0. The molecule has 1 fully saturated rings. The van der Waals surface area contributed by atoms with Crippen molar-refractivity contribution >= 4 is 6.21 Å². The maximum absolute atomic E-state index is 12.0. The third kappa shape index (κ3) is 4.56. The highest BCUT2D eigenvalue weighted by Crippen LogP contribution is 2.20. The van der Waals surface area contributed by atoms with Gasteiger partial charge in [0.1, 0.15) is 5.56 Å². The van der Waals surface area contributed by atoms with Crippen LogP contribution in [0.5, 0.6) is 5.88 Å². The molecule has 0 aromatic carbocycles. The van der Waals surface area contributed by atoms with Crippen LogP contribution in [0.1, 0.15) is 63.9 Å². The average molecular weight is 336 g/mol. The summed E-state index contributed by atoms with van der Waals surface area (Å²) in [7, 11) is 0. The molecule has 1 aliphatic rings. The van der Waals surface area contributed by atoms with E-state index in [0.717, 1.165) is 51.4 Å². The maximum atomic E-state index is 12.0. The van der Waals surface area contributed by atoms with Crippen molar-refractivity contribution in [3.8, 4) is 5.88 Å². The lowest BCUT2D eigenvalue weighted by Crippen LogP contribution is -2.36. The van der Waals surface area contributed by atoms with Crippen LogP contribution in [0.3, 0.4) is 0 Å². The lowest BCUT2D eigenvalue weighted by atomic mass is 9.91. The first-order valence-electron chi connectivity index (χ1n) is 8.89. The van der Waals surface area contributed by atoms with Crippen LogP contribution in [-0.2, 0) is 6.54 Å². The Morgan fingerprint density at radius 3 is 2.75 bits per heavy atom. The molecule has 0 unspecified atom stereocenters. The molecule has 2 rings (SSSR count). The number of aromatic nitrogens is 2. The van der Waals surface area contributed by atoms with Crippen molar-refractivity contribution in [2.75, 3.05) is 0 Å². The maximum Gasteiger partial charge on any atom is 0.331 e. The van der Waals surface area contributed by atoms with Gasteiger partial charge in [0.05, 0.1) is 6.04 Å². The van der Waals surface area contributed by atoms with Crippen molar-refractivity contribution < 1.29 is 5.11 Å². The zero-order chi connectivity index (χ0) is 17.5. The van der Waals surface area contributed by atoms with Gasteiger partial charge in [0.15, 0.2) is 0 Å². The highest BCUT2D eigenvalue weighted by Gasteiger charge is 2.21. The van der Waals surface area contributed by atoms with Gasteiger partial charge in [-0.1, -0.05) is 39.0 Å². The van der Waals surface area contributed by atoms with Crippen LogP contribution in [-0.4, -0.2) is 33.0 Å². The van der Waals surface area contributed by atoms with E-state index in [1.165, 1.54) is 10.8 Å². The number of aliphatic imine (C=N–C) groups is 1. The molecule has 1 aromatic rings. The smallest absolute Gasteiger partial charge is 0.331 e. The van der Waals surface area contributed by atoms with Crippen LogP contribution in [0.15, 0.2) is 14.6 Å². The second kappa shape index (κ2) is 8.82. The molecule has 0 spiro atoms. The van der Waals surface area contributed by atoms with Crippen LogP contribution < -0.4 is 17.0 Å². The molecule has 1 aliphatic carbocycles. The average Bonchev–Trinajstić information content (AvgIpc) is 2.55. The van der Waals surface area contributed by atoms with Gasteiger partial charge in [0.2, 0.25) is 5.88 Å². The lowest BCUT2D eigenvalue weighted by Gasteiger charge is -2.24. The van der Waals surface area contributed by atoms with E-state index in [2.05, 4.69) is 16.9 Å². The van der Waals surface area contributed by atoms with Crippen molar-refractivity contribution in [2.45, 2.75) is 76.9 Å². The van der Waals surface area contributed by atoms with E-state index in [1.54, 1.807) is 0 Å². The molecule has 2 atom stereocenters. The summed E-state index contributed by atoms with van der Waals surface area (Å²) in [6.45, 7) is 2.49. The fourth-order valence-electron chi connectivity index (χ4n) is 3.09. The summed E-state index contributed by atoms with van der Waals surface area (Å²) in [5.74, 6) is -0.312. The fraction of sp³-hybridized carbons (Fsp3) is 0.706. The molecule has 1 heterocycles. The lowest BCUT2D eigenvalue weighted by molar-refractivity contribution is 0.385. The number of aromatic amines is 1. The van der Waals surface area contributed by atoms with Crippen LogP contribution in [0.2, 0.25) is 0 Å². The Hall–Kier alpha value is -1.89. The van der Waals surface area contributed by atoms with Crippen molar-refractivity contribution in [2.24, 2.45) is 10.7 Å². The monoisotopic (exact) mass is 336 g/mol. The summed E-state index contributed by atoms with van der Waals surface area (Å²) in [5.41, 5.74) is 4.88. The molecule has 0 amide bonds. The predicted octanol–water partition coefficient (Wildman–Crippen LogP) is 1.51. The van der Waals surface area contributed by atoms with E-state index < -0.39 is 11.2 Å². The minimum absolute atomic E-state index is 0.0174. The fourth-order valence-corrected chi connectivity index (χ4v) is 3.09. The Morgan fingerprint density at radius 1 is 1.29 bits per heavy atom. The first-order valence-corrected chi connectivity index (χ1v) is 8.89. The highest BCUT2D eigenvalue weighted by molar-refractivity contribution is 5.82. The van der Waals surface area contributed by atoms with E-state index in [0.29, 0.717) is 6.54 Å². The normalized spacial score (nSPS) is 21.4. The number of hydrogen-bond donors (Lipinski definition) is 3. The number of nitrogens with one attached hydrogen (secondary N) is 1. The van der Waals surface area contributed by atoms with Gasteiger partial charge in [-0.05, 0) is 19.3 Å². The van der Waals surface area contributed by atoms with E-state index in [4.69, 9.17) is 5.73 Å². The zero-order valence-electron chi connectivity index (χ0n) is 14.3. The zero-order valence-corrected chi connectivity index (χ0v) is 14.3. The molecule has 7 heteroatoms. The van der Waals surface area contributed by atoms with Crippen LogP contribution >= 0.6 is 0 Å². The minimum atomic E-state index is -0.615. The molecule has 1 saturated carbocycles. The van der Waals surface area contributed by atoms with E-state index in [-0.39, 0.29) is 23.5 Å². The minimum Gasteiger partial charge on any atom is -0.494 e. The number of rotatable bonds is 7. The molecule has 134 valence electrons. The molecule has 1 aromatic heterocycles. The van der Waals surface area contributed by atoms with Gasteiger partial charge < -0.3 is 10.8 Å². The Balaban J connectivity index is 2.19. The summed E-state index contributed by atoms with van der Waals surface area (Å²) in [6, 6.07) is -0.0568. The third-order valence-electron chi connectivity index (χ3n) is 4.62. The summed E-state index contributed by atoms with van der Waals surface area (Å²) < 4.78 is 1.21. The van der Waals surface area contributed by atoms with Gasteiger partial charge in [-0.2, -0.15) is 0 Å². The van der Waals surface area contributed by atoms with E-state index in [9.17, 15) is 14.7 Å². The van der Waals surface area contributed by atoms with Crippen molar-refractivity contribution in [1.82, 2.24) is 9.55 Å². The quantitative estimate of drug-likeness (QED) is 0.517. The SMILES string of the molecule is CCCCCCn1c(O)c(C=N[C@@H]2CCCC[C@H]2N)c(=O)[nH]c1=O. The number of H-pyrrole nitrogens is 1. The van der Waals surface area contributed by atoms with E-state index in [1.807, 2.05) is 0 Å². The Bertz CT molecular complexity index is 677. The molecule has 0 aliphatic heterocycles. The van der Waals surface area contributed by atoms with Gasteiger partial charge in [-0.25, -0.2) is 4.79 Å². The molecule has 24 heavy (non-hydrogen) atoms. The topological polar surface area (TPSA) is 113 Å². The standard InChI is InChI=1S/C17H28N4O3/c1-2-3-4-7-10-21-16(23)12(15(22)20-17(21)24)11-19-14-9-6-5-8-13(14)18/h11,13-14,23H,2-10,18H2,1H3,(H,20,22,24)/t13-,14-/m1/s1. The van der Waals surface area contributed by atoms with Crippen molar-refractivity contribution in [1.29, 1.82) is 0 Å². The summed E-state index contributed by atoms with van der Waals surface area (Å²) in [5, 5.41) is 10.3.